The van der Waals surface area contributed by atoms with E-state index in [1.807, 2.05) is 4.90 Å². The Kier molecular flexibility index (Phi) is 4.22. The first-order valence-corrected chi connectivity index (χ1v) is 7.60. The number of hydrogen-bond donors (Lipinski definition) is 3. The lowest BCUT2D eigenvalue weighted by Gasteiger charge is -2.41. The highest BCUT2D eigenvalue weighted by atomic mass is 19.1. The van der Waals surface area contributed by atoms with E-state index in [1.165, 1.54) is 12.1 Å². The van der Waals surface area contributed by atoms with Crippen molar-refractivity contribution in [2.45, 2.75) is 49.9 Å². The van der Waals surface area contributed by atoms with Gasteiger partial charge in [-0.3, -0.25) is 4.90 Å². The second kappa shape index (κ2) is 5.86. The van der Waals surface area contributed by atoms with Gasteiger partial charge in [0, 0.05) is 25.6 Å². The van der Waals surface area contributed by atoms with Gasteiger partial charge >= 0.3 is 0 Å². The molecule has 2 heterocycles. The lowest BCUT2D eigenvalue weighted by atomic mass is 9.92. The number of aliphatic hydroxyl groups is 3. The molecule has 3 rings (SSSR count). The fourth-order valence-electron chi connectivity index (χ4n) is 3.44. The molecule has 2 aliphatic heterocycles. The van der Waals surface area contributed by atoms with Gasteiger partial charge < -0.3 is 20.1 Å². The zero-order chi connectivity index (χ0) is 15.9. The van der Waals surface area contributed by atoms with Crippen molar-refractivity contribution in [3.05, 3.63) is 35.6 Å². The Morgan fingerprint density at radius 2 is 2.00 bits per heavy atom. The molecular weight excluding hydrogens is 289 g/mol. The van der Waals surface area contributed by atoms with Crippen LogP contribution in [0.3, 0.4) is 0 Å². The molecule has 22 heavy (non-hydrogen) atoms. The molecule has 1 aromatic rings. The molecule has 5 atom stereocenters. The predicted molar refractivity (Wildman–Crippen MR) is 77.6 cm³/mol. The number of β-amino-alcohol motifs (C(OH)–C–C–N with tert-alkyl or cyclic N) is 1. The van der Waals surface area contributed by atoms with Crippen molar-refractivity contribution in [1.82, 2.24) is 4.90 Å². The summed E-state index contributed by atoms with van der Waals surface area (Å²) < 4.78 is 18.4. The van der Waals surface area contributed by atoms with Crippen LogP contribution in [0, 0.1) is 5.82 Å². The molecule has 2 saturated heterocycles. The second-order valence-corrected chi connectivity index (χ2v) is 6.46. The van der Waals surface area contributed by atoms with Crippen LogP contribution in [0.25, 0.3) is 0 Å². The summed E-state index contributed by atoms with van der Waals surface area (Å²) in [7, 11) is 0. The van der Waals surface area contributed by atoms with E-state index in [1.54, 1.807) is 19.1 Å². The third kappa shape index (κ3) is 3.16. The third-order valence-electron chi connectivity index (χ3n) is 4.58. The largest absolute Gasteiger partial charge is 0.389 e. The van der Waals surface area contributed by atoms with E-state index in [0.717, 1.165) is 5.56 Å². The van der Waals surface area contributed by atoms with Crippen LogP contribution in [0.2, 0.25) is 0 Å². The van der Waals surface area contributed by atoms with Crippen molar-refractivity contribution in [1.29, 1.82) is 0 Å². The van der Waals surface area contributed by atoms with Gasteiger partial charge in [-0.1, -0.05) is 12.1 Å². The van der Waals surface area contributed by atoms with E-state index < -0.39 is 24.1 Å². The number of aliphatic hydroxyl groups excluding tert-OH is 2. The summed E-state index contributed by atoms with van der Waals surface area (Å²) in [4.78, 5) is 2.03. The van der Waals surface area contributed by atoms with E-state index in [4.69, 9.17) is 4.74 Å². The van der Waals surface area contributed by atoms with Crippen LogP contribution < -0.4 is 0 Å². The summed E-state index contributed by atoms with van der Waals surface area (Å²) in [5.41, 5.74) is 1.00. The zero-order valence-electron chi connectivity index (χ0n) is 12.5. The van der Waals surface area contributed by atoms with Crippen molar-refractivity contribution in [2.24, 2.45) is 0 Å². The number of hydrogen-bond acceptors (Lipinski definition) is 5. The lowest BCUT2D eigenvalue weighted by Crippen LogP contribution is -2.59. The van der Waals surface area contributed by atoms with Crippen molar-refractivity contribution in [2.75, 3.05) is 13.1 Å². The summed E-state index contributed by atoms with van der Waals surface area (Å²) in [5, 5.41) is 30.1. The Hall–Kier alpha value is -1.05. The molecule has 3 N–H and O–H groups in total. The highest BCUT2D eigenvalue weighted by Crippen LogP contribution is 2.37. The van der Waals surface area contributed by atoms with Crippen LogP contribution in [-0.4, -0.2) is 63.4 Å². The van der Waals surface area contributed by atoms with Crippen LogP contribution in [0.4, 0.5) is 4.39 Å². The topological polar surface area (TPSA) is 73.2 Å². The van der Waals surface area contributed by atoms with Gasteiger partial charge in [0.15, 0.2) is 5.79 Å². The number of benzene rings is 1. The van der Waals surface area contributed by atoms with Gasteiger partial charge in [0.1, 0.15) is 18.0 Å². The molecule has 0 aromatic heterocycles. The van der Waals surface area contributed by atoms with Gasteiger partial charge in [-0.05, 0) is 31.0 Å². The highest BCUT2D eigenvalue weighted by Gasteiger charge is 2.52. The molecule has 0 amide bonds. The maximum Gasteiger partial charge on any atom is 0.164 e. The van der Waals surface area contributed by atoms with Gasteiger partial charge in [-0.25, -0.2) is 4.39 Å². The van der Waals surface area contributed by atoms with Gasteiger partial charge in [-0.15, -0.1) is 0 Å². The predicted octanol–water partition coefficient (Wildman–Crippen LogP) is 0.272. The first-order chi connectivity index (χ1) is 10.4. The zero-order valence-corrected chi connectivity index (χ0v) is 12.5. The van der Waals surface area contributed by atoms with Crippen LogP contribution in [0.1, 0.15) is 18.9 Å². The normalized spacial score (nSPS) is 39.0. The quantitative estimate of drug-likeness (QED) is 0.747. The maximum atomic E-state index is 12.9. The van der Waals surface area contributed by atoms with E-state index in [-0.39, 0.29) is 11.9 Å². The van der Waals surface area contributed by atoms with Gasteiger partial charge in [0.25, 0.3) is 0 Å². The summed E-state index contributed by atoms with van der Waals surface area (Å²) >= 11 is 0. The maximum absolute atomic E-state index is 12.9. The molecule has 1 unspecified atom stereocenters. The fourth-order valence-corrected chi connectivity index (χ4v) is 3.44. The number of fused-ring (bicyclic) bond motifs is 1. The van der Waals surface area contributed by atoms with Gasteiger partial charge in [0.2, 0.25) is 0 Å². The molecule has 1 aromatic carbocycles. The fraction of sp³-hybridized carbons (Fsp3) is 0.625. The number of nitrogens with zero attached hydrogens (tertiary/aromatic N) is 1. The van der Waals surface area contributed by atoms with E-state index in [2.05, 4.69) is 0 Å². The Morgan fingerprint density at radius 1 is 1.32 bits per heavy atom. The van der Waals surface area contributed by atoms with Crippen LogP contribution >= 0.6 is 0 Å². The van der Waals surface area contributed by atoms with Gasteiger partial charge in [-0.2, -0.15) is 0 Å². The molecule has 0 saturated carbocycles. The second-order valence-electron chi connectivity index (χ2n) is 6.46. The lowest BCUT2D eigenvalue weighted by molar-refractivity contribution is -0.213. The Bertz CT molecular complexity index is 521. The molecule has 5 nitrogen and oxygen atoms in total. The molecule has 0 spiro atoms. The first-order valence-electron chi connectivity index (χ1n) is 7.60. The van der Waals surface area contributed by atoms with E-state index in [9.17, 15) is 19.7 Å². The molecule has 6 heteroatoms. The average Bonchev–Trinajstić information content (AvgIpc) is 2.79. The van der Waals surface area contributed by atoms with Gasteiger partial charge in [0.05, 0.1) is 6.10 Å². The standard InChI is InChI=1S/C16H22FNO4/c1-16(21)8-12-15(22-16)14(20)13(19)9-18(12)7-6-10-2-4-11(17)5-3-10/h2-5,12-15,19-21H,6-9H2,1H3/t12-,13-,14-,15+,16?/m1/s1. The SMILES string of the molecule is CC1(O)C[C@@H]2[C@H](O1)[C@H](O)[C@H](O)CN2CCc1ccc(F)cc1. The minimum absolute atomic E-state index is 0.131. The summed E-state index contributed by atoms with van der Waals surface area (Å²) in [5.74, 6) is -1.55. The number of piperidine rings is 1. The molecule has 2 fully saturated rings. The number of ether oxygens (including phenoxy) is 1. The average molecular weight is 311 g/mol. The Labute approximate surface area is 128 Å². The molecular formula is C16H22FNO4. The number of halogens is 1. The molecule has 122 valence electrons. The monoisotopic (exact) mass is 311 g/mol. The van der Waals surface area contributed by atoms with E-state index in [0.29, 0.717) is 25.9 Å². The molecule has 2 aliphatic rings. The minimum atomic E-state index is -1.28. The molecule has 0 radical (unpaired) electrons. The first kappa shape index (κ1) is 15.8. The summed E-state index contributed by atoms with van der Waals surface area (Å²) in [6.45, 7) is 2.56. The number of likely N-dealkylation sites (tertiary alicyclic amines) is 1. The van der Waals surface area contributed by atoms with Crippen molar-refractivity contribution < 1.29 is 24.4 Å². The Morgan fingerprint density at radius 3 is 2.68 bits per heavy atom. The van der Waals surface area contributed by atoms with Crippen LogP contribution in [0.5, 0.6) is 0 Å². The van der Waals surface area contributed by atoms with Crippen LogP contribution in [-0.2, 0) is 11.2 Å². The van der Waals surface area contributed by atoms with Crippen molar-refractivity contribution >= 4 is 0 Å². The Balaban J connectivity index is 1.68. The summed E-state index contributed by atoms with van der Waals surface area (Å²) in [6, 6.07) is 6.20. The van der Waals surface area contributed by atoms with Crippen LogP contribution in [0.15, 0.2) is 24.3 Å². The van der Waals surface area contributed by atoms with Crippen molar-refractivity contribution in [3.63, 3.8) is 0 Å². The smallest absolute Gasteiger partial charge is 0.164 e. The number of rotatable bonds is 3. The molecule has 0 bridgehead atoms. The third-order valence-corrected chi connectivity index (χ3v) is 4.58. The van der Waals surface area contributed by atoms with Crippen molar-refractivity contribution in [3.8, 4) is 0 Å². The van der Waals surface area contributed by atoms with E-state index >= 15 is 0 Å². The minimum Gasteiger partial charge on any atom is -0.389 e. The molecule has 0 aliphatic carbocycles. The highest BCUT2D eigenvalue weighted by molar-refractivity contribution is 5.16. The summed E-state index contributed by atoms with van der Waals surface area (Å²) in [6.07, 6.45) is -1.38.